The third-order valence-corrected chi connectivity index (χ3v) is 6.67. The number of benzene rings is 2. The van der Waals surface area contributed by atoms with Crippen LogP contribution in [0.15, 0.2) is 60.2 Å². The van der Waals surface area contributed by atoms with Gasteiger partial charge in [-0.3, -0.25) is 4.39 Å². The number of alkyl halides is 1. The minimum Gasteiger partial charge on any atom is -0.478 e. The Labute approximate surface area is 195 Å². The zero-order valence-electron chi connectivity index (χ0n) is 19.0. The third kappa shape index (κ3) is 5.60. The summed E-state index contributed by atoms with van der Waals surface area (Å²) >= 11 is 0. The molecule has 0 spiro atoms. The van der Waals surface area contributed by atoms with Crippen molar-refractivity contribution in [3.8, 4) is 0 Å². The van der Waals surface area contributed by atoms with Crippen molar-refractivity contribution in [1.29, 1.82) is 0 Å². The average molecular weight is 450 g/mol. The molecule has 0 saturated carbocycles. The number of fused-ring (bicyclic) bond motifs is 1. The first-order valence-electron chi connectivity index (χ1n) is 11.8. The van der Waals surface area contributed by atoms with Crippen molar-refractivity contribution >= 4 is 11.5 Å². The molecule has 0 aromatic heterocycles. The molecule has 2 aromatic carbocycles. The normalized spacial score (nSPS) is 17.2. The molecule has 0 bridgehead atoms. The molecule has 1 saturated heterocycles. The zero-order valence-corrected chi connectivity index (χ0v) is 19.0. The number of aromatic carboxylic acids is 1. The van der Waals surface area contributed by atoms with Crippen molar-refractivity contribution in [2.24, 2.45) is 5.92 Å². The van der Waals surface area contributed by atoms with Gasteiger partial charge in [0.15, 0.2) is 0 Å². The van der Waals surface area contributed by atoms with Crippen LogP contribution in [0.3, 0.4) is 0 Å². The number of aliphatic hydroxyl groups is 1. The molecular weight excluding hydrogens is 417 g/mol. The molecule has 1 aliphatic heterocycles. The van der Waals surface area contributed by atoms with Gasteiger partial charge in [0.25, 0.3) is 0 Å². The highest BCUT2D eigenvalue weighted by Crippen LogP contribution is 2.36. The molecule has 0 amide bonds. The Morgan fingerprint density at radius 3 is 2.61 bits per heavy atom. The molecule has 2 aromatic rings. The Bertz CT molecular complexity index is 1040. The zero-order chi connectivity index (χ0) is 23.2. The largest absolute Gasteiger partial charge is 0.478 e. The van der Waals surface area contributed by atoms with Crippen molar-refractivity contribution < 1.29 is 19.4 Å². The maximum absolute atomic E-state index is 12.3. The third-order valence-electron chi connectivity index (χ3n) is 6.67. The molecule has 5 heteroatoms. The van der Waals surface area contributed by atoms with Crippen LogP contribution in [0.1, 0.15) is 51.9 Å². The van der Waals surface area contributed by atoms with Crippen molar-refractivity contribution in [1.82, 2.24) is 4.90 Å². The molecule has 0 atom stereocenters. The van der Waals surface area contributed by atoms with Gasteiger partial charge in [-0.15, -0.1) is 0 Å². The highest BCUT2D eigenvalue weighted by atomic mass is 19.1. The summed E-state index contributed by atoms with van der Waals surface area (Å²) in [6.45, 7) is 2.69. The molecule has 1 aliphatic carbocycles. The number of halogens is 1. The van der Waals surface area contributed by atoms with Gasteiger partial charge in [-0.25, -0.2) is 4.79 Å². The minimum absolute atomic E-state index is 0.00966. The number of rotatable bonds is 9. The number of aryl methyl sites for hydroxylation is 1. The van der Waals surface area contributed by atoms with Crippen molar-refractivity contribution in [2.45, 2.75) is 32.1 Å². The van der Waals surface area contributed by atoms with Crippen LogP contribution >= 0.6 is 0 Å². The molecule has 0 radical (unpaired) electrons. The molecule has 1 heterocycles. The molecule has 2 N–H and O–H groups in total. The van der Waals surface area contributed by atoms with Crippen molar-refractivity contribution in [3.05, 3.63) is 88.0 Å². The fourth-order valence-corrected chi connectivity index (χ4v) is 5.06. The predicted molar refractivity (Wildman–Crippen MR) is 129 cm³/mol. The number of carbonyl (C=O) groups is 1. The number of nitrogens with zero attached hydrogens (tertiary/aromatic N) is 1. The number of carboxylic acid groups (broad SMARTS) is 1. The van der Waals surface area contributed by atoms with Crippen molar-refractivity contribution in [3.63, 3.8) is 0 Å². The van der Waals surface area contributed by atoms with E-state index in [9.17, 15) is 19.4 Å². The van der Waals surface area contributed by atoms with Gasteiger partial charge in [-0.1, -0.05) is 42.5 Å². The second-order valence-electron chi connectivity index (χ2n) is 9.08. The maximum atomic E-state index is 12.3. The minimum atomic E-state index is -0.906. The van der Waals surface area contributed by atoms with Gasteiger partial charge in [0.05, 0.1) is 18.8 Å². The quantitative estimate of drug-likeness (QED) is 0.571. The lowest BCUT2D eigenvalue weighted by molar-refractivity contribution is 0.0696. The lowest BCUT2D eigenvalue weighted by atomic mass is 9.87. The van der Waals surface area contributed by atoms with Crippen LogP contribution in [-0.4, -0.2) is 54.0 Å². The van der Waals surface area contributed by atoms with Gasteiger partial charge in [0, 0.05) is 19.6 Å². The van der Waals surface area contributed by atoms with E-state index in [-0.39, 0.29) is 13.3 Å². The van der Waals surface area contributed by atoms with E-state index < -0.39 is 5.97 Å². The van der Waals surface area contributed by atoms with E-state index in [2.05, 4.69) is 29.2 Å². The van der Waals surface area contributed by atoms with E-state index in [0.717, 1.165) is 67.6 Å². The lowest BCUT2D eigenvalue weighted by Crippen LogP contribution is -2.47. The Morgan fingerprint density at radius 2 is 1.91 bits per heavy atom. The van der Waals surface area contributed by atoms with Crippen LogP contribution in [0.4, 0.5) is 4.39 Å². The molecule has 4 nitrogen and oxygen atoms in total. The van der Waals surface area contributed by atoms with Crippen LogP contribution in [0, 0.1) is 5.92 Å². The van der Waals surface area contributed by atoms with Gasteiger partial charge in [0.2, 0.25) is 0 Å². The summed E-state index contributed by atoms with van der Waals surface area (Å²) in [5, 5.41) is 18.8. The number of likely N-dealkylation sites (tertiary alicyclic amines) is 1. The summed E-state index contributed by atoms with van der Waals surface area (Å²) in [6, 6.07) is 14.1. The highest BCUT2D eigenvalue weighted by Gasteiger charge is 2.26. The SMILES string of the molecule is O=C(O)c1ccc2c(c1)CCCC(C=CCO)=C2c1ccc(CC2CN(CCCF)C2)cc1. The highest BCUT2D eigenvalue weighted by molar-refractivity contribution is 5.91. The van der Waals surface area contributed by atoms with Crippen molar-refractivity contribution in [2.75, 3.05) is 32.9 Å². The fraction of sp³-hybridized carbons (Fsp3) is 0.393. The monoisotopic (exact) mass is 449 g/mol. The van der Waals surface area contributed by atoms with E-state index in [1.807, 2.05) is 12.1 Å². The predicted octanol–water partition coefficient (Wildman–Crippen LogP) is 4.91. The van der Waals surface area contributed by atoms with Crippen LogP contribution < -0.4 is 0 Å². The Morgan fingerprint density at radius 1 is 1.12 bits per heavy atom. The van der Waals surface area contributed by atoms with Gasteiger partial charge in [-0.05, 0) is 83.6 Å². The first kappa shape index (κ1) is 23.4. The number of hydrogen-bond donors (Lipinski definition) is 2. The summed E-state index contributed by atoms with van der Waals surface area (Å²) in [5.74, 6) is -0.276. The van der Waals surface area contributed by atoms with Gasteiger partial charge >= 0.3 is 5.97 Å². The second-order valence-corrected chi connectivity index (χ2v) is 9.08. The van der Waals surface area contributed by atoms with Gasteiger partial charge in [-0.2, -0.15) is 0 Å². The van der Waals surface area contributed by atoms with Crippen LogP contribution in [-0.2, 0) is 12.8 Å². The average Bonchev–Trinajstić information content (AvgIpc) is 2.98. The van der Waals surface area contributed by atoms with E-state index in [1.165, 1.54) is 11.1 Å². The summed E-state index contributed by atoms with van der Waals surface area (Å²) < 4.78 is 12.3. The fourth-order valence-electron chi connectivity index (χ4n) is 5.06. The number of hydrogen-bond acceptors (Lipinski definition) is 3. The van der Waals surface area contributed by atoms with E-state index in [4.69, 9.17) is 0 Å². The molecule has 33 heavy (non-hydrogen) atoms. The smallest absolute Gasteiger partial charge is 0.335 e. The molecule has 2 aliphatic rings. The second kappa shape index (κ2) is 10.9. The summed E-state index contributed by atoms with van der Waals surface area (Å²) in [5.41, 5.74) is 7.16. The maximum Gasteiger partial charge on any atom is 0.335 e. The molecular formula is C28H32FNO3. The Kier molecular flexibility index (Phi) is 7.73. The van der Waals surface area contributed by atoms with Gasteiger partial charge < -0.3 is 15.1 Å². The van der Waals surface area contributed by atoms with Crippen LogP contribution in [0.2, 0.25) is 0 Å². The topological polar surface area (TPSA) is 60.8 Å². The number of carboxylic acids is 1. The van der Waals surface area contributed by atoms with E-state index >= 15 is 0 Å². The van der Waals surface area contributed by atoms with Crippen LogP contribution in [0.25, 0.3) is 5.57 Å². The molecule has 174 valence electrons. The summed E-state index contributed by atoms with van der Waals surface area (Å²) in [4.78, 5) is 13.8. The first-order valence-corrected chi connectivity index (χ1v) is 11.8. The molecule has 4 rings (SSSR count). The van der Waals surface area contributed by atoms with E-state index in [1.54, 1.807) is 18.2 Å². The Hall–Kier alpha value is -2.76. The number of allylic oxidation sites excluding steroid dienone is 2. The first-order chi connectivity index (χ1) is 16.1. The van der Waals surface area contributed by atoms with Gasteiger partial charge in [0.1, 0.15) is 0 Å². The van der Waals surface area contributed by atoms with Crippen LogP contribution in [0.5, 0.6) is 0 Å². The molecule has 0 unspecified atom stereocenters. The lowest BCUT2D eigenvalue weighted by Gasteiger charge is -2.39. The molecule has 1 fully saturated rings. The summed E-state index contributed by atoms with van der Waals surface area (Å²) in [6.07, 6.45) is 8.07. The standard InChI is InChI=1S/C28H32FNO3/c29-13-3-14-30-18-21(19-30)16-20-7-9-23(10-8-20)27-22(6-2-15-31)4-1-5-24-17-25(28(32)33)11-12-26(24)27/h2,6-12,17,21,31H,1,3-5,13-16,18-19H2,(H,32,33). The van der Waals surface area contributed by atoms with E-state index in [0.29, 0.717) is 17.9 Å². The number of aliphatic hydroxyl groups excluding tert-OH is 1. The Balaban J connectivity index is 1.59. The summed E-state index contributed by atoms with van der Waals surface area (Å²) in [7, 11) is 0.